The molecule has 1 heterocycles. The molecule has 1 rings (SSSR count). The van der Waals surface area contributed by atoms with E-state index in [1.54, 1.807) is 12.1 Å². The predicted molar refractivity (Wildman–Crippen MR) is 63.0 cm³/mol. The average Bonchev–Trinajstić information content (AvgIpc) is 2.26. The zero-order valence-corrected chi connectivity index (χ0v) is 9.70. The minimum absolute atomic E-state index is 0.202. The van der Waals surface area contributed by atoms with Crippen molar-refractivity contribution in [3.8, 4) is 6.07 Å². The maximum Gasteiger partial charge on any atom is 0.127 e. The molecule has 0 aliphatic carbocycles. The van der Waals surface area contributed by atoms with Gasteiger partial charge in [-0.1, -0.05) is 6.92 Å². The van der Waals surface area contributed by atoms with Crippen molar-refractivity contribution in [2.45, 2.75) is 20.3 Å². The Morgan fingerprint density at radius 2 is 2.31 bits per heavy atom. The van der Waals surface area contributed by atoms with Crippen LogP contribution in [0, 0.1) is 24.2 Å². The maximum atomic E-state index is 8.81. The summed E-state index contributed by atoms with van der Waals surface area (Å²) in [6.45, 7) is 4.88. The number of pyridine rings is 1. The molecule has 1 atom stereocenters. The van der Waals surface area contributed by atoms with Crippen molar-refractivity contribution in [1.29, 1.82) is 5.26 Å². The summed E-state index contributed by atoms with van der Waals surface area (Å²) in [5, 5.41) is 20.8. The van der Waals surface area contributed by atoms with Crippen molar-refractivity contribution in [3.05, 3.63) is 23.4 Å². The van der Waals surface area contributed by atoms with E-state index in [0.29, 0.717) is 11.5 Å². The summed E-state index contributed by atoms with van der Waals surface area (Å²) >= 11 is 0. The van der Waals surface area contributed by atoms with Gasteiger partial charge in [-0.2, -0.15) is 5.26 Å². The molecule has 0 spiro atoms. The zero-order valence-electron chi connectivity index (χ0n) is 9.70. The molecule has 2 N–H and O–H groups in total. The molecule has 86 valence electrons. The summed E-state index contributed by atoms with van der Waals surface area (Å²) in [4.78, 5) is 4.29. The lowest BCUT2D eigenvalue weighted by atomic mass is 10.1. The van der Waals surface area contributed by atoms with E-state index in [0.717, 1.165) is 24.5 Å². The molecule has 0 radical (unpaired) electrons. The lowest BCUT2D eigenvalue weighted by molar-refractivity contribution is 0.266. The summed E-state index contributed by atoms with van der Waals surface area (Å²) in [6, 6.07) is 5.59. The van der Waals surface area contributed by atoms with Gasteiger partial charge in [0.05, 0.1) is 11.6 Å². The molecule has 1 aromatic rings. The van der Waals surface area contributed by atoms with E-state index in [4.69, 9.17) is 10.4 Å². The van der Waals surface area contributed by atoms with Crippen LogP contribution < -0.4 is 5.32 Å². The Morgan fingerprint density at radius 3 is 2.94 bits per heavy atom. The Bertz CT molecular complexity index is 384. The number of anilines is 1. The number of hydrogen-bond donors (Lipinski definition) is 2. The van der Waals surface area contributed by atoms with Gasteiger partial charge in [0.25, 0.3) is 0 Å². The summed E-state index contributed by atoms with van der Waals surface area (Å²) in [7, 11) is 0. The molecule has 0 saturated carbocycles. The molecule has 0 bridgehead atoms. The molecule has 0 saturated heterocycles. The minimum atomic E-state index is 0.202. The number of aryl methyl sites for hydroxylation is 1. The summed E-state index contributed by atoms with van der Waals surface area (Å²) in [6.07, 6.45) is 0.768. The molecule has 0 aliphatic rings. The molecule has 0 amide bonds. The topological polar surface area (TPSA) is 68.9 Å². The molecule has 0 aliphatic heterocycles. The number of rotatable bonds is 5. The van der Waals surface area contributed by atoms with Crippen LogP contribution >= 0.6 is 0 Å². The van der Waals surface area contributed by atoms with Crippen LogP contribution in [0.1, 0.15) is 24.6 Å². The number of nitrogens with zero attached hydrogens (tertiary/aromatic N) is 2. The highest BCUT2D eigenvalue weighted by Crippen LogP contribution is 2.10. The molecule has 0 aromatic carbocycles. The van der Waals surface area contributed by atoms with E-state index in [9.17, 15) is 0 Å². The summed E-state index contributed by atoms with van der Waals surface area (Å²) in [5.41, 5.74) is 1.45. The molecule has 1 unspecified atom stereocenters. The summed E-state index contributed by atoms with van der Waals surface area (Å²) in [5.74, 6) is 1.11. The van der Waals surface area contributed by atoms with Crippen LogP contribution in [0.25, 0.3) is 0 Å². The van der Waals surface area contributed by atoms with E-state index < -0.39 is 0 Å². The molecule has 4 heteroatoms. The fraction of sp³-hybridized carbons (Fsp3) is 0.500. The van der Waals surface area contributed by atoms with Gasteiger partial charge in [-0.25, -0.2) is 4.98 Å². The first-order chi connectivity index (χ1) is 7.65. The Hall–Kier alpha value is -1.60. The Morgan fingerprint density at radius 1 is 1.56 bits per heavy atom. The van der Waals surface area contributed by atoms with E-state index >= 15 is 0 Å². The van der Waals surface area contributed by atoms with E-state index in [1.165, 1.54) is 0 Å². The zero-order chi connectivity index (χ0) is 12.0. The first-order valence-corrected chi connectivity index (χ1v) is 5.39. The van der Waals surface area contributed by atoms with Gasteiger partial charge < -0.3 is 10.4 Å². The van der Waals surface area contributed by atoms with Crippen molar-refractivity contribution in [3.63, 3.8) is 0 Å². The van der Waals surface area contributed by atoms with Crippen LogP contribution in [0.5, 0.6) is 0 Å². The number of hydrogen-bond acceptors (Lipinski definition) is 4. The first kappa shape index (κ1) is 12.5. The third-order valence-electron chi connectivity index (χ3n) is 2.34. The quantitative estimate of drug-likeness (QED) is 0.790. The summed E-state index contributed by atoms with van der Waals surface area (Å²) < 4.78 is 0. The van der Waals surface area contributed by atoms with E-state index in [2.05, 4.69) is 23.3 Å². The van der Waals surface area contributed by atoms with Crippen molar-refractivity contribution in [2.24, 2.45) is 5.92 Å². The van der Waals surface area contributed by atoms with Crippen molar-refractivity contribution >= 4 is 5.82 Å². The Balaban J connectivity index is 2.60. The van der Waals surface area contributed by atoms with E-state index in [1.807, 2.05) is 6.92 Å². The van der Waals surface area contributed by atoms with Crippen molar-refractivity contribution in [1.82, 2.24) is 4.98 Å². The van der Waals surface area contributed by atoms with Gasteiger partial charge in [0, 0.05) is 18.8 Å². The van der Waals surface area contributed by atoms with Gasteiger partial charge in [-0.05, 0) is 31.4 Å². The number of aliphatic hydroxyl groups is 1. The van der Waals surface area contributed by atoms with Crippen LogP contribution in [0.2, 0.25) is 0 Å². The second-order valence-corrected chi connectivity index (χ2v) is 3.99. The van der Waals surface area contributed by atoms with Gasteiger partial charge >= 0.3 is 0 Å². The minimum Gasteiger partial charge on any atom is -0.396 e. The van der Waals surface area contributed by atoms with Crippen molar-refractivity contribution in [2.75, 3.05) is 18.5 Å². The predicted octanol–water partition coefficient (Wildman–Crippen LogP) is 1.69. The fourth-order valence-corrected chi connectivity index (χ4v) is 1.42. The Labute approximate surface area is 95.9 Å². The first-order valence-electron chi connectivity index (χ1n) is 5.39. The standard InChI is InChI=1S/C12H17N3O/c1-9(3-4-16)8-14-12-6-11(7-13)5-10(2)15-12/h5-6,9,16H,3-4,8H2,1-2H3,(H,14,15). The SMILES string of the molecule is Cc1cc(C#N)cc(NCC(C)CCO)n1. The van der Waals surface area contributed by atoms with Gasteiger partial charge in [-0.3, -0.25) is 0 Å². The van der Waals surface area contributed by atoms with Crippen LogP contribution in [0.4, 0.5) is 5.82 Å². The molecule has 4 nitrogen and oxygen atoms in total. The van der Waals surface area contributed by atoms with Gasteiger partial charge in [-0.15, -0.1) is 0 Å². The largest absolute Gasteiger partial charge is 0.396 e. The molecular weight excluding hydrogens is 202 g/mol. The normalized spacial score (nSPS) is 11.9. The maximum absolute atomic E-state index is 8.81. The number of aromatic nitrogens is 1. The lowest BCUT2D eigenvalue weighted by Crippen LogP contribution is -2.13. The third kappa shape index (κ3) is 3.87. The van der Waals surface area contributed by atoms with Gasteiger partial charge in [0.1, 0.15) is 5.82 Å². The second kappa shape index (κ2) is 6.09. The number of nitriles is 1. The molecule has 16 heavy (non-hydrogen) atoms. The monoisotopic (exact) mass is 219 g/mol. The third-order valence-corrected chi connectivity index (χ3v) is 2.34. The smallest absolute Gasteiger partial charge is 0.127 e. The van der Waals surface area contributed by atoms with Crippen LogP contribution in [-0.4, -0.2) is 23.2 Å². The van der Waals surface area contributed by atoms with E-state index in [-0.39, 0.29) is 6.61 Å². The van der Waals surface area contributed by atoms with Crippen molar-refractivity contribution < 1.29 is 5.11 Å². The van der Waals surface area contributed by atoms with Gasteiger partial charge in [0.2, 0.25) is 0 Å². The molecule has 0 fully saturated rings. The highest BCUT2D eigenvalue weighted by molar-refractivity contribution is 5.44. The lowest BCUT2D eigenvalue weighted by Gasteiger charge is -2.12. The van der Waals surface area contributed by atoms with Crippen LogP contribution in [0.3, 0.4) is 0 Å². The molecular formula is C12H17N3O. The van der Waals surface area contributed by atoms with Crippen LogP contribution in [-0.2, 0) is 0 Å². The molecule has 1 aromatic heterocycles. The number of nitrogens with one attached hydrogen (secondary N) is 1. The highest BCUT2D eigenvalue weighted by Gasteiger charge is 2.03. The number of aliphatic hydroxyl groups excluding tert-OH is 1. The van der Waals surface area contributed by atoms with Gasteiger partial charge in [0.15, 0.2) is 0 Å². The van der Waals surface area contributed by atoms with Crippen LogP contribution in [0.15, 0.2) is 12.1 Å². The average molecular weight is 219 g/mol. The fourth-order valence-electron chi connectivity index (χ4n) is 1.42. The Kier molecular flexibility index (Phi) is 4.74. The second-order valence-electron chi connectivity index (χ2n) is 3.99. The highest BCUT2D eigenvalue weighted by atomic mass is 16.3.